The van der Waals surface area contributed by atoms with E-state index >= 15 is 0 Å². The molecule has 1 unspecified atom stereocenters. The lowest BCUT2D eigenvalue weighted by Gasteiger charge is -2.22. The summed E-state index contributed by atoms with van der Waals surface area (Å²) in [6.07, 6.45) is 2.31. The molecular weight excluding hydrogens is 308 g/mol. The number of hydrogen-bond donors (Lipinski definition) is 0. The van der Waals surface area contributed by atoms with Crippen LogP contribution in [0.2, 0.25) is 0 Å². The van der Waals surface area contributed by atoms with Crippen LogP contribution in [-0.4, -0.2) is 36.4 Å². The Bertz CT molecular complexity index is 863. The highest BCUT2D eigenvalue weighted by molar-refractivity contribution is 7.86. The molecule has 1 aliphatic rings. The van der Waals surface area contributed by atoms with Crippen molar-refractivity contribution in [2.45, 2.75) is 10.1 Å². The van der Waals surface area contributed by atoms with Gasteiger partial charge in [0.05, 0.1) is 4.90 Å². The molecule has 0 heterocycles. The third-order valence-corrected chi connectivity index (χ3v) is 4.64. The van der Waals surface area contributed by atoms with Crippen LogP contribution < -0.4 is 0 Å². The molecule has 0 saturated heterocycles. The van der Waals surface area contributed by atoms with Crippen LogP contribution in [0.1, 0.15) is 16.4 Å². The smallest absolute Gasteiger partial charge is 0.313 e. The van der Waals surface area contributed by atoms with Gasteiger partial charge < -0.3 is 14.6 Å². The lowest BCUT2D eigenvalue weighted by Crippen LogP contribution is -2.24. The molecular formula is C10H6N2O6S2-2. The molecule has 0 spiro atoms. The molecule has 1 aromatic carbocycles. The second-order valence-corrected chi connectivity index (χ2v) is 6.81. The number of rotatable bonds is 2. The molecule has 0 bridgehead atoms. The van der Waals surface area contributed by atoms with Crippen LogP contribution in [-0.2, 0) is 20.2 Å². The first-order chi connectivity index (χ1) is 9.14. The molecule has 2 rings (SSSR count). The van der Waals surface area contributed by atoms with Gasteiger partial charge in [0, 0.05) is 6.08 Å². The minimum Gasteiger partial charge on any atom is -0.747 e. The summed E-state index contributed by atoms with van der Waals surface area (Å²) in [6.45, 7) is 0. The summed E-state index contributed by atoms with van der Waals surface area (Å²) in [5.74, 6) is 0. The van der Waals surface area contributed by atoms with E-state index in [1.54, 1.807) is 0 Å². The predicted molar refractivity (Wildman–Crippen MR) is 64.5 cm³/mol. The maximum absolute atomic E-state index is 11.2. The molecule has 8 nitrogen and oxygen atoms in total. The van der Waals surface area contributed by atoms with Gasteiger partial charge in [0.25, 0.3) is 0 Å². The quantitative estimate of drug-likeness (QED) is 0.421. The van der Waals surface area contributed by atoms with Crippen LogP contribution in [0.5, 0.6) is 0 Å². The van der Waals surface area contributed by atoms with Gasteiger partial charge in [-0.2, -0.15) is 4.79 Å². The summed E-state index contributed by atoms with van der Waals surface area (Å²) in [5, 5.41) is -1.75. The molecule has 1 atom stereocenters. The van der Waals surface area contributed by atoms with Gasteiger partial charge in [-0.25, -0.2) is 16.8 Å². The third-order valence-electron chi connectivity index (χ3n) is 2.74. The number of fused-ring (bicyclic) bond motifs is 1. The first-order valence-electron chi connectivity index (χ1n) is 5.09. The molecule has 0 amide bonds. The Hall–Kier alpha value is -1.84. The van der Waals surface area contributed by atoms with Crippen molar-refractivity contribution in [2.75, 3.05) is 0 Å². The second kappa shape index (κ2) is 4.62. The van der Waals surface area contributed by atoms with Gasteiger partial charge in [0.2, 0.25) is 0 Å². The minimum absolute atomic E-state index is 0.0531. The van der Waals surface area contributed by atoms with Gasteiger partial charge >= 0.3 is 5.71 Å². The van der Waals surface area contributed by atoms with Gasteiger partial charge in [-0.05, 0) is 29.3 Å². The molecule has 0 N–H and O–H groups in total. The summed E-state index contributed by atoms with van der Waals surface area (Å²) >= 11 is 0. The fourth-order valence-corrected chi connectivity index (χ4v) is 3.36. The molecule has 0 saturated carbocycles. The van der Waals surface area contributed by atoms with Crippen LogP contribution in [0.3, 0.4) is 0 Å². The Kier molecular flexibility index (Phi) is 3.36. The maximum atomic E-state index is 11.2. The Morgan fingerprint density at radius 1 is 1.10 bits per heavy atom. The van der Waals surface area contributed by atoms with Crippen molar-refractivity contribution in [3.8, 4) is 0 Å². The van der Waals surface area contributed by atoms with E-state index in [-0.39, 0.29) is 16.8 Å². The fraction of sp³-hybridized carbons (Fsp3) is 0.100. The van der Waals surface area contributed by atoms with E-state index < -0.39 is 30.4 Å². The summed E-state index contributed by atoms with van der Waals surface area (Å²) in [4.78, 5) is 2.19. The summed E-state index contributed by atoms with van der Waals surface area (Å²) in [7, 11) is -9.57. The van der Waals surface area contributed by atoms with Crippen LogP contribution in [0.15, 0.2) is 29.2 Å². The number of hydrogen-bond acceptors (Lipinski definition) is 6. The lowest BCUT2D eigenvalue weighted by atomic mass is 9.96. The van der Waals surface area contributed by atoms with Crippen molar-refractivity contribution >= 4 is 32.0 Å². The van der Waals surface area contributed by atoms with E-state index in [9.17, 15) is 25.9 Å². The number of nitrogens with zero attached hydrogens (tertiary/aromatic N) is 2. The normalized spacial score (nSPS) is 18.5. The zero-order valence-electron chi connectivity index (χ0n) is 9.62. The molecule has 0 radical (unpaired) electrons. The average molecular weight is 314 g/mol. The third kappa shape index (κ3) is 2.55. The highest BCUT2D eigenvalue weighted by Crippen LogP contribution is 2.32. The standard InChI is InChI=1S/C10H8N2O6S2/c11-12-9-4-1-6-5-7(19(13,14)15)2-3-8(6)10(9)20(16,17)18/h1-5,10H,(H,13,14,15)(H,16,17,18)/p-2. The van der Waals surface area contributed by atoms with Crippen LogP contribution in [0.25, 0.3) is 11.6 Å². The zero-order valence-corrected chi connectivity index (χ0v) is 11.3. The highest BCUT2D eigenvalue weighted by Gasteiger charge is 2.34. The minimum atomic E-state index is -4.87. The van der Waals surface area contributed by atoms with Gasteiger partial charge in [0.15, 0.2) is 5.25 Å². The molecule has 0 fully saturated rings. The van der Waals surface area contributed by atoms with E-state index in [1.165, 1.54) is 6.08 Å². The van der Waals surface area contributed by atoms with Crippen LogP contribution in [0, 0.1) is 0 Å². The zero-order chi connectivity index (χ0) is 15.1. The average Bonchev–Trinajstić information content (AvgIpc) is 2.34. The molecule has 1 aliphatic carbocycles. The van der Waals surface area contributed by atoms with E-state index in [4.69, 9.17) is 5.53 Å². The summed E-state index contributed by atoms with van der Waals surface area (Å²) < 4.78 is 66.4. The first kappa shape index (κ1) is 14.6. The van der Waals surface area contributed by atoms with Crippen LogP contribution >= 0.6 is 0 Å². The number of allylic oxidation sites excluding steroid dienone is 1. The summed E-state index contributed by atoms with van der Waals surface area (Å²) in [5.41, 5.74) is 8.37. The Labute approximate surface area is 114 Å². The van der Waals surface area contributed by atoms with Gasteiger partial charge in [-0.1, -0.05) is 6.07 Å². The van der Waals surface area contributed by atoms with E-state index in [0.29, 0.717) is 0 Å². The SMILES string of the molecule is [N-]=[N+]=C1C=Cc2cc(S(=O)(=O)[O-])ccc2C1S(=O)(=O)[O-]. The molecule has 106 valence electrons. The topological polar surface area (TPSA) is 151 Å². The van der Waals surface area contributed by atoms with Crippen molar-refractivity contribution in [3.05, 3.63) is 40.9 Å². The molecule has 10 heteroatoms. The Morgan fingerprint density at radius 2 is 1.75 bits per heavy atom. The van der Waals surface area contributed by atoms with E-state index in [2.05, 4.69) is 4.79 Å². The molecule has 0 aromatic heterocycles. The van der Waals surface area contributed by atoms with Crippen molar-refractivity contribution < 1.29 is 30.7 Å². The van der Waals surface area contributed by atoms with Crippen LogP contribution in [0.4, 0.5) is 0 Å². The Morgan fingerprint density at radius 3 is 2.25 bits per heavy atom. The van der Waals surface area contributed by atoms with Crippen molar-refractivity contribution in [3.63, 3.8) is 0 Å². The van der Waals surface area contributed by atoms with E-state index in [1.807, 2.05) is 0 Å². The Balaban J connectivity index is 2.74. The second-order valence-electron chi connectivity index (χ2n) is 3.98. The van der Waals surface area contributed by atoms with Crippen molar-refractivity contribution in [1.29, 1.82) is 0 Å². The molecule has 20 heavy (non-hydrogen) atoms. The van der Waals surface area contributed by atoms with Gasteiger partial charge in [-0.3, -0.25) is 0 Å². The monoisotopic (exact) mass is 314 g/mol. The highest BCUT2D eigenvalue weighted by atomic mass is 32.2. The van der Waals surface area contributed by atoms with Gasteiger partial charge in [-0.15, -0.1) is 0 Å². The maximum Gasteiger partial charge on any atom is 0.313 e. The van der Waals surface area contributed by atoms with E-state index in [0.717, 1.165) is 24.3 Å². The van der Waals surface area contributed by atoms with Crippen molar-refractivity contribution in [1.82, 2.24) is 0 Å². The number of benzene rings is 1. The van der Waals surface area contributed by atoms with Gasteiger partial charge in [0.1, 0.15) is 20.2 Å². The fourth-order valence-electron chi connectivity index (χ4n) is 1.90. The predicted octanol–water partition coefficient (Wildman–Crippen LogP) is -0.125. The molecule has 0 aliphatic heterocycles. The lowest BCUT2D eigenvalue weighted by molar-refractivity contribution is -0.00614. The van der Waals surface area contributed by atoms with Crippen molar-refractivity contribution in [2.24, 2.45) is 0 Å². The summed E-state index contributed by atoms with van der Waals surface area (Å²) in [6, 6.07) is 2.89. The first-order valence-corrected chi connectivity index (χ1v) is 7.97. The largest absolute Gasteiger partial charge is 0.747 e. The molecule has 1 aromatic rings.